The third-order valence-corrected chi connectivity index (χ3v) is 6.52. The van der Waals surface area contributed by atoms with Crippen molar-refractivity contribution in [1.82, 2.24) is 19.8 Å². The third-order valence-electron chi connectivity index (χ3n) is 5.57. The number of nitrogens with zero attached hydrogens (tertiary/aromatic N) is 4. The fraction of sp³-hybridized carbons (Fsp3) is 0.450. The monoisotopic (exact) mass is 381 g/mol. The van der Waals surface area contributed by atoms with E-state index in [2.05, 4.69) is 26.4 Å². The number of piperidine rings is 1. The molecule has 0 spiro atoms. The maximum Gasteiger partial charge on any atom is 0.228 e. The van der Waals surface area contributed by atoms with Crippen LogP contribution in [-0.4, -0.2) is 57.0 Å². The molecule has 4 heterocycles. The van der Waals surface area contributed by atoms with Gasteiger partial charge in [-0.3, -0.25) is 9.79 Å². The standard InChI is InChI=1S/C20H23N5OS/c26-18(11-15-13-27-20-21-8-4-10-25(15)20)24-9-3-5-14(12-24)19-22-16-6-1-2-7-17(16)23-19/h1-2,6-7,13-14H,3-5,8-12H2,(H,22,23). The SMILES string of the molecule is O=C(CC1=CSC2=NCCCN12)N1CCCC(c2nc3ccccc3[nH]2)C1. The van der Waals surface area contributed by atoms with Crippen molar-refractivity contribution in [2.45, 2.75) is 31.6 Å². The van der Waals surface area contributed by atoms with Crippen LogP contribution in [-0.2, 0) is 4.79 Å². The van der Waals surface area contributed by atoms with E-state index in [1.165, 1.54) is 0 Å². The van der Waals surface area contributed by atoms with Gasteiger partial charge in [-0.25, -0.2) is 4.98 Å². The van der Waals surface area contributed by atoms with E-state index in [0.29, 0.717) is 6.42 Å². The number of aromatic nitrogens is 2. The molecular weight excluding hydrogens is 358 g/mol. The minimum Gasteiger partial charge on any atom is -0.342 e. The minimum atomic E-state index is 0.217. The maximum absolute atomic E-state index is 13.0. The van der Waals surface area contributed by atoms with Crippen molar-refractivity contribution in [2.24, 2.45) is 4.99 Å². The molecular formula is C20H23N5OS. The molecule has 5 rings (SSSR count). The van der Waals surface area contributed by atoms with Gasteiger partial charge in [-0.2, -0.15) is 0 Å². The van der Waals surface area contributed by atoms with E-state index in [-0.39, 0.29) is 11.8 Å². The van der Waals surface area contributed by atoms with Gasteiger partial charge in [-0.15, -0.1) is 0 Å². The first kappa shape index (κ1) is 16.9. The number of amidine groups is 1. The summed E-state index contributed by atoms with van der Waals surface area (Å²) in [5, 5.41) is 3.16. The van der Waals surface area contributed by atoms with Crippen molar-refractivity contribution >= 4 is 33.9 Å². The average molecular weight is 382 g/mol. The number of aromatic amines is 1. The molecule has 27 heavy (non-hydrogen) atoms. The highest BCUT2D eigenvalue weighted by atomic mass is 32.2. The van der Waals surface area contributed by atoms with E-state index < -0.39 is 0 Å². The molecule has 2 aromatic rings. The number of imidazole rings is 1. The summed E-state index contributed by atoms with van der Waals surface area (Å²) in [5.41, 5.74) is 3.18. The number of H-pyrrole nitrogens is 1. The van der Waals surface area contributed by atoms with E-state index in [4.69, 9.17) is 4.98 Å². The summed E-state index contributed by atoms with van der Waals surface area (Å²) in [5.74, 6) is 1.51. The molecule has 3 aliphatic rings. The van der Waals surface area contributed by atoms with Crippen LogP contribution in [0.2, 0.25) is 0 Å². The number of fused-ring (bicyclic) bond motifs is 2. The Kier molecular flexibility index (Phi) is 4.39. The van der Waals surface area contributed by atoms with E-state index >= 15 is 0 Å². The van der Waals surface area contributed by atoms with E-state index in [0.717, 1.165) is 73.2 Å². The Bertz CT molecular complexity index is 900. The first-order chi connectivity index (χ1) is 13.3. The van der Waals surface area contributed by atoms with Gasteiger partial charge in [-0.1, -0.05) is 23.9 Å². The average Bonchev–Trinajstić information content (AvgIpc) is 3.32. The number of thioether (sulfide) groups is 1. The Balaban J connectivity index is 1.27. The summed E-state index contributed by atoms with van der Waals surface area (Å²) in [6.07, 6.45) is 3.63. The lowest BCUT2D eigenvalue weighted by atomic mass is 9.97. The van der Waals surface area contributed by atoms with Crippen LogP contribution in [0.25, 0.3) is 11.0 Å². The lowest BCUT2D eigenvalue weighted by molar-refractivity contribution is -0.131. The number of likely N-dealkylation sites (tertiary alicyclic amines) is 1. The first-order valence-electron chi connectivity index (χ1n) is 9.68. The Labute approximate surface area is 162 Å². The molecule has 0 radical (unpaired) electrons. The fourth-order valence-corrected chi connectivity index (χ4v) is 5.09. The van der Waals surface area contributed by atoms with Gasteiger partial charge in [0.15, 0.2) is 5.17 Å². The molecule has 1 aromatic carbocycles. The lowest BCUT2D eigenvalue weighted by Crippen LogP contribution is -2.40. The Morgan fingerprint density at radius 1 is 1.26 bits per heavy atom. The van der Waals surface area contributed by atoms with Gasteiger partial charge >= 0.3 is 0 Å². The predicted molar refractivity (Wildman–Crippen MR) is 109 cm³/mol. The van der Waals surface area contributed by atoms with Crippen LogP contribution in [0, 0.1) is 0 Å². The number of hydrogen-bond donors (Lipinski definition) is 1. The summed E-state index contributed by atoms with van der Waals surface area (Å²) < 4.78 is 0. The topological polar surface area (TPSA) is 64.6 Å². The number of carbonyl (C=O) groups is 1. The molecule has 1 atom stereocenters. The van der Waals surface area contributed by atoms with Crippen LogP contribution in [0.4, 0.5) is 0 Å². The molecule has 1 N–H and O–H groups in total. The van der Waals surface area contributed by atoms with Crippen LogP contribution in [0.15, 0.2) is 40.4 Å². The normalized spacial score (nSPS) is 22.6. The number of amides is 1. The van der Waals surface area contributed by atoms with E-state index in [1.807, 2.05) is 23.1 Å². The first-order valence-corrected chi connectivity index (χ1v) is 10.6. The van der Waals surface area contributed by atoms with Crippen molar-refractivity contribution < 1.29 is 4.79 Å². The van der Waals surface area contributed by atoms with Crippen LogP contribution in [0.3, 0.4) is 0 Å². The zero-order valence-electron chi connectivity index (χ0n) is 15.2. The zero-order valence-corrected chi connectivity index (χ0v) is 16.0. The van der Waals surface area contributed by atoms with Gasteiger partial charge in [0.2, 0.25) is 5.91 Å². The highest BCUT2D eigenvalue weighted by Crippen LogP contribution is 2.32. The number of rotatable bonds is 3. The summed E-state index contributed by atoms with van der Waals surface area (Å²) in [6.45, 7) is 3.47. The fourth-order valence-electron chi connectivity index (χ4n) is 4.13. The van der Waals surface area contributed by atoms with Crippen molar-refractivity contribution in [3.63, 3.8) is 0 Å². The second kappa shape index (κ2) is 7.03. The Morgan fingerprint density at radius 2 is 2.19 bits per heavy atom. The van der Waals surface area contributed by atoms with Crippen molar-refractivity contribution in [3.05, 3.63) is 41.2 Å². The second-order valence-electron chi connectivity index (χ2n) is 7.39. The highest BCUT2D eigenvalue weighted by Gasteiger charge is 2.30. The van der Waals surface area contributed by atoms with E-state index in [1.54, 1.807) is 11.8 Å². The molecule has 0 saturated carbocycles. The van der Waals surface area contributed by atoms with Crippen molar-refractivity contribution in [3.8, 4) is 0 Å². The number of hydrogen-bond acceptors (Lipinski definition) is 5. The molecule has 140 valence electrons. The molecule has 1 unspecified atom stereocenters. The highest BCUT2D eigenvalue weighted by molar-refractivity contribution is 8.16. The van der Waals surface area contributed by atoms with Gasteiger partial charge in [0.05, 0.1) is 17.5 Å². The molecule has 1 aromatic heterocycles. The molecule has 0 bridgehead atoms. The number of nitrogens with one attached hydrogen (secondary N) is 1. The molecule has 1 fully saturated rings. The summed E-state index contributed by atoms with van der Waals surface area (Å²) in [4.78, 5) is 29.9. The van der Waals surface area contributed by atoms with Gasteiger partial charge in [-0.05, 0) is 36.8 Å². The number of carbonyl (C=O) groups excluding carboxylic acids is 1. The predicted octanol–water partition coefficient (Wildman–Crippen LogP) is 3.31. The number of aliphatic imine (C=N–C) groups is 1. The van der Waals surface area contributed by atoms with E-state index in [9.17, 15) is 4.79 Å². The number of para-hydroxylation sites is 2. The van der Waals surface area contributed by atoms with Gasteiger partial charge in [0.1, 0.15) is 5.82 Å². The zero-order chi connectivity index (χ0) is 18.2. The molecule has 3 aliphatic heterocycles. The minimum absolute atomic E-state index is 0.217. The van der Waals surface area contributed by atoms with Crippen LogP contribution in [0.5, 0.6) is 0 Å². The second-order valence-corrected chi connectivity index (χ2v) is 8.23. The van der Waals surface area contributed by atoms with Crippen LogP contribution < -0.4 is 0 Å². The largest absolute Gasteiger partial charge is 0.342 e. The van der Waals surface area contributed by atoms with Crippen LogP contribution in [0.1, 0.15) is 37.4 Å². The molecule has 1 saturated heterocycles. The quantitative estimate of drug-likeness (QED) is 0.886. The third kappa shape index (κ3) is 3.25. The number of benzene rings is 1. The molecule has 7 heteroatoms. The lowest BCUT2D eigenvalue weighted by Gasteiger charge is -2.33. The van der Waals surface area contributed by atoms with Gasteiger partial charge in [0.25, 0.3) is 0 Å². The molecule has 1 amide bonds. The maximum atomic E-state index is 13.0. The smallest absolute Gasteiger partial charge is 0.228 e. The Morgan fingerprint density at radius 3 is 3.11 bits per heavy atom. The summed E-state index contributed by atoms with van der Waals surface area (Å²) >= 11 is 1.65. The Hall–Kier alpha value is -2.28. The summed E-state index contributed by atoms with van der Waals surface area (Å²) in [6, 6.07) is 8.12. The molecule has 0 aliphatic carbocycles. The molecule has 6 nitrogen and oxygen atoms in total. The van der Waals surface area contributed by atoms with Crippen molar-refractivity contribution in [2.75, 3.05) is 26.2 Å². The van der Waals surface area contributed by atoms with Crippen molar-refractivity contribution in [1.29, 1.82) is 0 Å². The van der Waals surface area contributed by atoms with Gasteiger partial charge in [0, 0.05) is 37.8 Å². The summed E-state index contributed by atoms with van der Waals surface area (Å²) in [7, 11) is 0. The van der Waals surface area contributed by atoms with Crippen LogP contribution >= 0.6 is 11.8 Å². The van der Waals surface area contributed by atoms with Gasteiger partial charge < -0.3 is 14.8 Å².